The van der Waals surface area contributed by atoms with Crippen molar-refractivity contribution in [3.63, 3.8) is 0 Å². The number of hydrogen-bond acceptors (Lipinski definition) is 2. The summed E-state index contributed by atoms with van der Waals surface area (Å²) in [5.41, 5.74) is 0.758. The molecule has 2 amide bonds. The van der Waals surface area contributed by atoms with Crippen LogP contribution in [0.1, 0.15) is 13.8 Å². The maximum Gasteiger partial charge on any atom is 0.319 e. The average Bonchev–Trinajstić information content (AvgIpc) is 2.49. The molecule has 10 heteroatoms. The Morgan fingerprint density at radius 3 is 2.21 bits per heavy atom. The maximum absolute atomic E-state index is 12.2. The van der Waals surface area contributed by atoms with Crippen LogP contribution >= 0.6 is 63.0 Å². The molecule has 0 radical (unpaired) electrons. The van der Waals surface area contributed by atoms with Crippen LogP contribution in [0.25, 0.3) is 0 Å². The van der Waals surface area contributed by atoms with Crippen LogP contribution in [0, 0.1) is 0 Å². The Morgan fingerprint density at radius 2 is 1.75 bits per heavy atom. The summed E-state index contributed by atoms with van der Waals surface area (Å²) in [5, 5.41) is 8.61. The first-order valence-electron chi connectivity index (χ1n) is 7.12. The Hall–Kier alpha value is -0.470. The maximum atomic E-state index is 12.2. The molecule has 1 atom stereocenters. The highest BCUT2D eigenvalue weighted by Crippen LogP contribution is 2.29. The van der Waals surface area contributed by atoms with E-state index in [9.17, 15) is 4.79 Å². The minimum absolute atomic E-state index is 0.216. The fraction of sp³-hybridized carbons (Fsp3) is 0.429. The summed E-state index contributed by atoms with van der Waals surface area (Å²) >= 11 is 26.4. The van der Waals surface area contributed by atoms with Crippen molar-refractivity contribution < 1.29 is 4.79 Å². The van der Waals surface area contributed by atoms with E-state index in [2.05, 4.69) is 31.9 Å². The van der Waals surface area contributed by atoms with Gasteiger partial charge in [-0.05, 0) is 50.3 Å². The highest BCUT2D eigenvalue weighted by atomic mass is 79.9. The van der Waals surface area contributed by atoms with Crippen LogP contribution in [-0.2, 0) is 0 Å². The highest BCUT2D eigenvalue weighted by molar-refractivity contribution is 9.10. The van der Waals surface area contributed by atoms with Gasteiger partial charge in [-0.3, -0.25) is 0 Å². The lowest BCUT2D eigenvalue weighted by Gasteiger charge is -2.30. The SMILES string of the molecule is CCN(CC)C(=O)N[C@H](NC(=S)Nc1ccc(Br)cc1)C(Cl)(Cl)Cl. The first-order valence-corrected chi connectivity index (χ1v) is 9.46. The van der Waals surface area contributed by atoms with E-state index in [1.165, 1.54) is 0 Å². The number of nitrogens with one attached hydrogen (secondary N) is 3. The van der Waals surface area contributed by atoms with Gasteiger partial charge in [0.05, 0.1) is 0 Å². The first-order chi connectivity index (χ1) is 11.2. The third-order valence-corrected chi connectivity index (χ3v) is 4.43. The standard InChI is InChI=1S/C14H18BrCl3N4OS/c1-3-22(4-2)13(23)21-11(14(16,17)18)20-12(24)19-10-7-5-9(15)6-8-10/h5-8,11H,3-4H2,1-2H3,(H,21,23)(H2,19,20,24)/t11-/m0/s1. The number of amides is 2. The third-order valence-electron chi connectivity index (χ3n) is 3.02. The Labute approximate surface area is 170 Å². The number of rotatable bonds is 5. The molecule has 0 fully saturated rings. The number of urea groups is 1. The van der Waals surface area contributed by atoms with Crippen molar-refractivity contribution in [1.29, 1.82) is 0 Å². The minimum Gasteiger partial charge on any atom is -0.339 e. The molecular formula is C14H18BrCl3N4OS. The lowest BCUT2D eigenvalue weighted by molar-refractivity contribution is 0.198. The molecule has 0 bridgehead atoms. The van der Waals surface area contributed by atoms with E-state index >= 15 is 0 Å². The molecule has 3 N–H and O–H groups in total. The number of carbonyl (C=O) groups excluding carboxylic acids is 1. The topological polar surface area (TPSA) is 56.4 Å². The Bertz CT molecular complexity index is 564. The summed E-state index contributed by atoms with van der Waals surface area (Å²) in [6, 6.07) is 7.03. The molecule has 0 saturated carbocycles. The van der Waals surface area contributed by atoms with Gasteiger partial charge in [-0.25, -0.2) is 4.79 Å². The van der Waals surface area contributed by atoms with E-state index in [0.29, 0.717) is 13.1 Å². The van der Waals surface area contributed by atoms with E-state index in [-0.39, 0.29) is 11.1 Å². The van der Waals surface area contributed by atoms with Crippen molar-refractivity contribution >= 4 is 79.8 Å². The molecule has 134 valence electrons. The summed E-state index contributed by atoms with van der Waals surface area (Å²) < 4.78 is -0.841. The molecule has 5 nitrogen and oxygen atoms in total. The second-order valence-electron chi connectivity index (χ2n) is 4.70. The predicted octanol–water partition coefficient (Wildman–Crippen LogP) is 4.48. The van der Waals surface area contributed by atoms with Gasteiger partial charge in [0.15, 0.2) is 11.3 Å². The smallest absolute Gasteiger partial charge is 0.319 e. The summed E-state index contributed by atoms with van der Waals surface area (Å²) in [6.45, 7) is 4.80. The minimum atomic E-state index is -1.78. The summed E-state index contributed by atoms with van der Waals surface area (Å²) in [4.78, 5) is 13.7. The fourth-order valence-electron chi connectivity index (χ4n) is 1.76. The van der Waals surface area contributed by atoms with Gasteiger partial charge in [0.25, 0.3) is 0 Å². The highest BCUT2D eigenvalue weighted by Gasteiger charge is 2.35. The lowest BCUT2D eigenvalue weighted by atomic mass is 10.3. The van der Waals surface area contributed by atoms with Gasteiger partial charge in [-0.2, -0.15) is 0 Å². The number of alkyl halides is 3. The zero-order valence-electron chi connectivity index (χ0n) is 13.1. The molecule has 0 heterocycles. The van der Waals surface area contributed by atoms with Gasteiger partial charge in [0.2, 0.25) is 3.79 Å². The van der Waals surface area contributed by atoms with Crippen LogP contribution in [0.4, 0.5) is 10.5 Å². The number of thiocarbonyl (C=S) groups is 1. The van der Waals surface area contributed by atoms with Crippen molar-refractivity contribution in [2.24, 2.45) is 0 Å². The van der Waals surface area contributed by atoms with Gasteiger partial charge in [0, 0.05) is 23.2 Å². The van der Waals surface area contributed by atoms with Gasteiger partial charge < -0.3 is 20.9 Å². The monoisotopic (exact) mass is 474 g/mol. The molecule has 0 saturated heterocycles. The molecule has 0 aromatic heterocycles. The third kappa shape index (κ3) is 7.19. The van der Waals surface area contributed by atoms with Gasteiger partial charge in [-0.1, -0.05) is 50.7 Å². The second-order valence-corrected chi connectivity index (χ2v) is 8.39. The van der Waals surface area contributed by atoms with Crippen LogP contribution in [0.15, 0.2) is 28.7 Å². The van der Waals surface area contributed by atoms with Crippen molar-refractivity contribution in [2.45, 2.75) is 23.8 Å². The largest absolute Gasteiger partial charge is 0.339 e. The summed E-state index contributed by atoms with van der Waals surface area (Å²) in [6.07, 6.45) is -0.994. The molecule has 1 aromatic rings. The predicted molar refractivity (Wildman–Crippen MR) is 109 cm³/mol. The first kappa shape index (κ1) is 21.6. The van der Waals surface area contributed by atoms with E-state index in [0.717, 1.165) is 10.2 Å². The molecule has 0 unspecified atom stereocenters. The van der Waals surface area contributed by atoms with Crippen LogP contribution in [0.5, 0.6) is 0 Å². The van der Waals surface area contributed by atoms with E-state index in [1.807, 2.05) is 38.1 Å². The normalized spacial score (nSPS) is 12.2. The Balaban J connectivity index is 2.73. The number of benzene rings is 1. The van der Waals surface area contributed by atoms with Crippen LogP contribution in [0.2, 0.25) is 0 Å². The molecule has 0 aliphatic carbocycles. The molecule has 0 aliphatic heterocycles. The van der Waals surface area contributed by atoms with Crippen molar-refractivity contribution in [1.82, 2.24) is 15.5 Å². The average molecular weight is 477 g/mol. The molecule has 0 aliphatic rings. The zero-order valence-corrected chi connectivity index (χ0v) is 17.7. The quantitative estimate of drug-likeness (QED) is 0.333. The molecule has 1 aromatic carbocycles. The van der Waals surface area contributed by atoms with E-state index < -0.39 is 9.96 Å². The van der Waals surface area contributed by atoms with Crippen molar-refractivity contribution in [3.8, 4) is 0 Å². The van der Waals surface area contributed by atoms with E-state index in [1.54, 1.807) is 4.90 Å². The van der Waals surface area contributed by atoms with Crippen LogP contribution in [0.3, 0.4) is 0 Å². The molecule has 0 spiro atoms. The van der Waals surface area contributed by atoms with Gasteiger partial charge in [-0.15, -0.1) is 0 Å². The second kappa shape index (κ2) is 9.87. The van der Waals surface area contributed by atoms with Gasteiger partial charge >= 0.3 is 6.03 Å². The number of nitrogens with zero attached hydrogens (tertiary/aromatic N) is 1. The molecular weight excluding hydrogens is 459 g/mol. The lowest BCUT2D eigenvalue weighted by Crippen LogP contribution is -2.58. The van der Waals surface area contributed by atoms with E-state index in [4.69, 9.17) is 47.0 Å². The van der Waals surface area contributed by atoms with Crippen LogP contribution < -0.4 is 16.0 Å². The van der Waals surface area contributed by atoms with Crippen molar-refractivity contribution in [2.75, 3.05) is 18.4 Å². The molecule has 1 rings (SSSR count). The van der Waals surface area contributed by atoms with Crippen LogP contribution in [-0.4, -0.2) is 39.1 Å². The molecule has 24 heavy (non-hydrogen) atoms. The summed E-state index contributed by atoms with van der Waals surface area (Å²) in [5.74, 6) is 0. The van der Waals surface area contributed by atoms with Gasteiger partial charge in [0.1, 0.15) is 0 Å². The number of hydrogen-bond donors (Lipinski definition) is 3. The number of halogens is 4. The zero-order chi connectivity index (χ0) is 18.3. The number of carbonyl (C=O) groups is 1. The summed E-state index contributed by atoms with van der Waals surface area (Å²) in [7, 11) is 0. The Morgan fingerprint density at radius 1 is 1.21 bits per heavy atom. The number of anilines is 1. The fourth-order valence-corrected chi connectivity index (χ4v) is 2.58. The Kier molecular flexibility index (Phi) is 8.87. The van der Waals surface area contributed by atoms with Crippen molar-refractivity contribution in [3.05, 3.63) is 28.7 Å².